The first-order chi connectivity index (χ1) is 6.45. The van der Waals surface area contributed by atoms with Gasteiger partial charge in [-0.3, -0.25) is 10.9 Å². The highest BCUT2D eigenvalue weighted by Crippen LogP contribution is 2.14. The summed E-state index contributed by atoms with van der Waals surface area (Å²) in [5.41, 5.74) is 6.04. The van der Waals surface area contributed by atoms with Crippen molar-refractivity contribution in [3.05, 3.63) is 41.9 Å². The van der Waals surface area contributed by atoms with Crippen LogP contribution in [-0.2, 0) is 0 Å². The number of aromatic nitrogens is 1. The lowest BCUT2D eigenvalue weighted by Gasteiger charge is -2.05. The van der Waals surface area contributed by atoms with Crippen LogP contribution in [0.4, 0.5) is 10.8 Å². The average molecular weight is 191 g/mol. The molecule has 0 saturated heterocycles. The topological polar surface area (TPSA) is 37.0 Å². The largest absolute Gasteiger partial charge is 0.290 e. The Labute approximate surface area is 80.4 Å². The molecule has 0 amide bonds. The van der Waals surface area contributed by atoms with E-state index in [0.717, 1.165) is 10.8 Å². The van der Waals surface area contributed by atoms with E-state index in [1.807, 2.05) is 35.7 Å². The van der Waals surface area contributed by atoms with Gasteiger partial charge in [0.05, 0.1) is 0 Å². The van der Waals surface area contributed by atoms with Gasteiger partial charge in [-0.25, -0.2) is 4.98 Å². The number of rotatable bonds is 3. The quantitative estimate of drug-likeness (QED) is 0.732. The Morgan fingerprint density at radius 2 is 2.08 bits per heavy atom. The number of hydrazine groups is 1. The molecule has 0 aromatic carbocycles. The smallest absolute Gasteiger partial charge is 0.144 e. The van der Waals surface area contributed by atoms with E-state index < -0.39 is 0 Å². The molecule has 2 aromatic heterocycles. The summed E-state index contributed by atoms with van der Waals surface area (Å²) in [4.78, 5) is 4.11. The minimum atomic E-state index is 0.816. The number of hydrogen-bond acceptors (Lipinski definition) is 4. The summed E-state index contributed by atoms with van der Waals surface area (Å²) in [5, 5.41) is 3.09. The number of nitrogens with one attached hydrogen (secondary N) is 2. The van der Waals surface area contributed by atoms with Gasteiger partial charge in [-0.05, 0) is 29.6 Å². The Balaban J connectivity index is 1.94. The zero-order valence-electron chi connectivity index (χ0n) is 6.90. The maximum atomic E-state index is 4.11. The Kier molecular flexibility index (Phi) is 2.43. The Morgan fingerprint density at radius 3 is 2.77 bits per heavy atom. The average Bonchev–Trinajstić information content (AvgIpc) is 2.69. The van der Waals surface area contributed by atoms with E-state index in [-0.39, 0.29) is 0 Å². The molecule has 0 saturated carbocycles. The Morgan fingerprint density at radius 1 is 1.08 bits per heavy atom. The van der Waals surface area contributed by atoms with Crippen LogP contribution in [0.25, 0.3) is 0 Å². The summed E-state index contributed by atoms with van der Waals surface area (Å²) >= 11 is 1.64. The van der Waals surface area contributed by atoms with E-state index in [2.05, 4.69) is 15.8 Å². The fraction of sp³-hybridized carbons (Fsp3) is 0. The number of pyridine rings is 1. The van der Waals surface area contributed by atoms with Gasteiger partial charge in [-0.15, -0.1) is 11.3 Å². The molecule has 0 radical (unpaired) electrons. The lowest BCUT2D eigenvalue weighted by molar-refractivity contribution is 1.27. The maximum absolute atomic E-state index is 4.11. The highest BCUT2D eigenvalue weighted by Gasteiger charge is 1.91. The van der Waals surface area contributed by atoms with Crippen molar-refractivity contribution in [2.75, 3.05) is 10.9 Å². The van der Waals surface area contributed by atoms with Gasteiger partial charge >= 0.3 is 0 Å². The van der Waals surface area contributed by atoms with Crippen LogP contribution in [0.5, 0.6) is 0 Å². The van der Waals surface area contributed by atoms with E-state index in [9.17, 15) is 0 Å². The fourth-order valence-corrected chi connectivity index (χ4v) is 1.48. The normalized spacial score (nSPS) is 9.54. The predicted molar refractivity (Wildman–Crippen MR) is 55.8 cm³/mol. The van der Waals surface area contributed by atoms with Gasteiger partial charge in [0.15, 0.2) is 0 Å². The predicted octanol–water partition coefficient (Wildman–Crippen LogP) is 2.58. The molecule has 0 aliphatic carbocycles. The Hall–Kier alpha value is -1.55. The summed E-state index contributed by atoms with van der Waals surface area (Å²) in [6, 6.07) is 9.72. The zero-order valence-corrected chi connectivity index (χ0v) is 7.71. The molecule has 0 unspecified atom stereocenters. The minimum absolute atomic E-state index is 0.816. The van der Waals surface area contributed by atoms with Crippen LogP contribution in [0.3, 0.4) is 0 Å². The molecule has 0 spiro atoms. The van der Waals surface area contributed by atoms with Crippen molar-refractivity contribution < 1.29 is 0 Å². The third-order valence-corrected chi connectivity index (χ3v) is 2.29. The molecule has 4 heteroatoms. The van der Waals surface area contributed by atoms with E-state index in [1.54, 1.807) is 17.5 Å². The molecule has 2 heterocycles. The Bertz CT molecular complexity index is 344. The molecule has 3 nitrogen and oxygen atoms in total. The summed E-state index contributed by atoms with van der Waals surface area (Å²) in [6.45, 7) is 0. The van der Waals surface area contributed by atoms with E-state index >= 15 is 0 Å². The number of nitrogens with zero attached hydrogens (tertiary/aromatic N) is 1. The first-order valence-corrected chi connectivity index (χ1v) is 4.80. The van der Waals surface area contributed by atoms with Crippen molar-refractivity contribution in [2.24, 2.45) is 0 Å². The zero-order chi connectivity index (χ0) is 8.93. The summed E-state index contributed by atoms with van der Waals surface area (Å²) < 4.78 is 0. The standard InChI is InChI=1S/C9H9N3S/c1-2-6-10-8(4-1)11-12-9-5-3-7-13-9/h1-7,12H,(H,10,11). The first kappa shape index (κ1) is 8.07. The van der Waals surface area contributed by atoms with Crippen molar-refractivity contribution in [1.82, 2.24) is 4.98 Å². The molecule has 0 aliphatic rings. The summed E-state index contributed by atoms with van der Waals surface area (Å²) in [5.74, 6) is 0.816. The molecular formula is C9H9N3S. The van der Waals surface area contributed by atoms with Crippen LogP contribution in [0, 0.1) is 0 Å². The monoisotopic (exact) mass is 191 g/mol. The van der Waals surface area contributed by atoms with Crippen LogP contribution >= 0.6 is 11.3 Å². The highest BCUT2D eigenvalue weighted by atomic mass is 32.1. The van der Waals surface area contributed by atoms with Gasteiger partial charge in [0.1, 0.15) is 10.8 Å². The van der Waals surface area contributed by atoms with Gasteiger partial charge in [0.2, 0.25) is 0 Å². The molecule has 13 heavy (non-hydrogen) atoms. The third kappa shape index (κ3) is 2.19. The van der Waals surface area contributed by atoms with Crippen molar-refractivity contribution >= 4 is 22.2 Å². The van der Waals surface area contributed by atoms with E-state index in [4.69, 9.17) is 0 Å². The summed E-state index contributed by atoms with van der Waals surface area (Å²) in [6.07, 6.45) is 1.75. The van der Waals surface area contributed by atoms with Gasteiger partial charge in [0.25, 0.3) is 0 Å². The maximum Gasteiger partial charge on any atom is 0.144 e. The minimum Gasteiger partial charge on any atom is -0.290 e. The van der Waals surface area contributed by atoms with Crippen LogP contribution in [0.1, 0.15) is 0 Å². The lowest BCUT2D eigenvalue weighted by atomic mass is 10.5. The molecule has 2 N–H and O–H groups in total. The molecule has 2 rings (SSSR count). The van der Waals surface area contributed by atoms with Crippen molar-refractivity contribution in [3.63, 3.8) is 0 Å². The number of anilines is 2. The second kappa shape index (κ2) is 3.91. The second-order valence-electron chi connectivity index (χ2n) is 2.44. The van der Waals surface area contributed by atoms with Crippen molar-refractivity contribution in [2.45, 2.75) is 0 Å². The second-order valence-corrected chi connectivity index (χ2v) is 3.39. The molecule has 0 fully saturated rings. The van der Waals surface area contributed by atoms with E-state index in [0.29, 0.717) is 0 Å². The van der Waals surface area contributed by atoms with Gasteiger partial charge in [-0.2, -0.15) is 0 Å². The van der Waals surface area contributed by atoms with Crippen molar-refractivity contribution in [1.29, 1.82) is 0 Å². The third-order valence-electron chi connectivity index (χ3n) is 1.50. The SMILES string of the molecule is c1ccc(NNc2cccs2)nc1. The first-order valence-electron chi connectivity index (χ1n) is 3.92. The molecule has 2 aromatic rings. The van der Waals surface area contributed by atoms with Gasteiger partial charge < -0.3 is 0 Å². The van der Waals surface area contributed by atoms with Crippen LogP contribution < -0.4 is 10.9 Å². The molecule has 0 aliphatic heterocycles. The highest BCUT2D eigenvalue weighted by molar-refractivity contribution is 7.14. The summed E-state index contributed by atoms with van der Waals surface area (Å²) in [7, 11) is 0. The number of thiophene rings is 1. The van der Waals surface area contributed by atoms with Gasteiger partial charge in [-0.1, -0.05) is 6.07 Å². The van der Waals surface area contributed by atoms with Crippen molar-refractivity contribution in [3.8, 4) is 0 Å². The van der Waals surface area contributed by atoms with Crippen LogP contribution in [0.2, 0.25) is 0 Å². The van der Waals surface area contributed by atoms with Crippen LogP contribution in [0.15, 0.2) is 41.9 Å². The molecular weight excluding hydrogens is 182 g/mol. The lowest BCUT2D eigenvalue weighted by Crippen LogP contribution is -2.07. The van der Waals surface area contributed by atoms with Crippen LogP contribution in [-0.4, -0.2) is 4.98 Å². The molecule has 0 atom stereocenters. The molecule has 66 valence electrons. The molecule has 0 bridgehead atoms. The van der Waals surface area contributed by atoms with Gasteiger partial charge in [0, 0.05) is 6.20 Å². The fourth-order valence-electron chi connectivity index (χ4n) is 0.912. The van der Waals surface area contributed by atoms with E-state index in [1.165, 1.54) is 0 Å². The number of hydrogen-bond donors (Lipinski definition) is 2.